The fourth-order valence-corrected chi connectivity index (χ4v) is 5.56. The van der Waals surface area contributed by atoms with Crippen LogP contribution in [0.25, 0.3) is 11.2 Å². The highest BCUT2D eigenvalue weighted by molar-refractivity contribution is 6.32. The van der Waals surface area contributed by atoms with E-state index >= 15 is 4.39 Å². The number of H-pyrrole nitrogens is 1. The van der Waals surface area contributed by atoms with Gasteiger partial charge in [0.25, 0.3) is 6.01 Å². The van der Waals surface area contributed by atoms with Crippen LogP contribution in [-0.2, 0) is 26.2 Å². The van der Waals surface area contributed by atoms with Gasteiger partial charge < -0.3 is 38.9 Å². The maximum absolute atomic E-state index is 15.1. The Kier molecular flexibility index (Phi) is 5.18. The second-order valence-corrected chi connectivity index (χ2v) is 10.1. The van der Waals surface area contributed by atoms with Crippen LogP contribution in [0.5, 0.6) is 11.9 Å². The number of aromatic nitrogens is 3. The minimum Gasteiger partial charge on any atom is -0.468 e. The Morgan fingerprint density at radius 2 is 1.94 bits per heavy atom. The SMILES string of the molecule is O[C@@H]1CO[C@@H]2C(Oc3nc4nc(OC5CCc6cc(C7(O)COC7)cc(F)c65)c(Cl)cc4[nH]3)CO[C@H]12. The largest absolute Gasteiger partial charge is 0.468 e. The maximum atomic E-state index is 15.1. The number of aryl methyl sites for hydroxylation is 1. The number of imidazole rings is 1. The molecule has 10 nitrogen and oxygen atoms in total. The highest BCUT2D eigenvalue weighted by Gasteiger charge is 2.48. The lowest BCUT2D eigenvalue weighted by molar-refractivity contribution is -0.184. The van der Waals surface area contributed by atoms with Crippen molar-refractivity contribution in [3.05, 3.63) is 45.7 Å². The standard InChI is InChI=1S/C24H23ClFN3O7/c25-12-5-14-21(29-23(27-14)36-17-7-34-19-15(30)6-33-20(17)19)28-22(12)35-16-2-1-10-3-11(4-13(26)18(10)16)24(31)8-32-9-24/h3-5,15-17,19-20,30-31H,1-2,6-9H2,(H,27,28,29)/t15-,16?,17?,19-,20-/m1/s1. The molecule has 1 aliphatic carbocycles. The van der Waals surface area contributed by atoms with Gasteiger partial charge in [-0.2, -0.15) is 9.97 Å². The van der Waals surface area contributed by atoms with Crippen molar-refractivity contribution in [2.24, 2.45) is 0 Å². The first-order chi connectivity index (χ1) is 17.4. The molecule has 5 atom stereocenters. The summed E-state index contributed by atoms with van der Waals surface area (Å²) in [4.78, 5) is 11.9. The van der Waals surface area contributed by atoms with Gasteiger partial charge in [-0.15, -0.1) is 0 Å². The van der Waals surface area contributed by atoms with Gasteiger partial charge in [-0.3, -0.25) is 0 Å². The molecule has 2 unspecified atom stereocenters. The minimum absolute atomic E-state index is 0.140. The molecule has 3 aromatic rings. The predicted octanol–water partition coefficient (Wildman–Crippen LogP) is 1.94. The van der Waals surface area contributed by atoms with E-state index in [1.54, 1.807) is 6.07 Å². The number of halogens is 2. The van der Waals surface area contributed by atoms with E-state index in [9.17, 15) is 10.2 Å². The molecule has 2 aromatic heterocycles. The summed E-state index contributed by atoms with van der Waals surface area (Å²) in [5.74, 6) is -0.296. The Morgan fingerprint density at radius 1 is 1.11 bits per heavy atom. The first-order valence-corrected chi connectivity index (χ1v) is 12.2. The van der Waals surface area contributed by atoms with Crippen molar-refractivity contribution in [2.75, 3.05) is 26.4 Å². The molecule has 3 fully saturated rings. The van der Waals surface area contributed by atoms with E-state index in [0.717, 1.165) is 5.56 Å². The van der Waals surface area contributed by atoms with Crippen LogP contribution < -0.4 is 9.47 Å². The molecule has 3 saturated heterocycles. The van der Waals surface area contributed by atoms with Gasteiger partial charge in [0.05, 0.1) is 31.9 Å². The lowest BCUT2D eigenvalue weighted by Crippen LogP contribution is -2.46. The number of nitrogens with one attached hydrogen (secondary N) is 1. The number of hydrogen-bond donors (Lipinski definition) is 3. The summed E-state index contributed by atoms with van der Waals surface area (Å²) in [6.45, 7) is 0.785. The van der Waals surface area contributed by atoms with E-state index in [1.165, 1.54) is 6.07 Å². The maximum Gasteiger partial charge on any atom is 0.296 e. The third-order valence-corrected chi connectivity index (χ3v) is 7.57. The van der Waals surface area contributed by atoms with Crippen LogP contribution in [0.2, 0.25) is 5.02 Å². The van der Waals surface area contributed by atoms with Crippen molar-refractivity contribution in [3.8, 4) is 11.9 Å². The number of pyridine rings is 1. The number of hydrogen-bond acceptors (Lipinski definition) is 9. The Bertz CT molecular complexity index is 1350. The minimum atomic E-state index is -1.14. The van der Waals surface area contributed by atoms with Gasteiger partial charge in [0, 0.05) is 5.56 Å². The van der Waals surface area contributed by atoms with Crippen LogP contribution in [-0.4, -0.2) is 76.0 Å². The summed E-state index contributed by atoms with van der Waals surface area (Å²) in [6, 6.07) is 5.02. The molecule has 0 amide bonds. The zero-order valence-electron chi connectivity index (χ0n) is 18.9. The molecule has 36 heavy (non-hydrogen) atoms. The van der Waals surface area contributed by atoms with Crippen LogP contribution in [0.15, 0.2) is 18.2 Å². The molecule has 3 aliphatic heterocycles. The van der Waals surface area contributed by atoms with Crippen molar-refractivity contribution < 1.29 is 38.3 Å². The third kappa shape index (κ3) is 3.57. The molecule has 0 bridgehead atoms. The molecule has 5 heterocycles. The highest BCUT2D eigenvalue weighted by atomic mass is 35.5. The van der Waals surface area contributed by atoms with Crippen molar-refractivity contribution in [2.45, 2.75) is 49.0 Å². The molecular formula is C24H23ClFN3O7. The van der Waals surface area contributed by atoms with E-state index in [0.29, 0.717) is 35.1 Å². The number of benzene rings is 1. The Hall–Kier alpha value is -2.54. The van der Waals surface area contributed by atoms with Crippen LogP contribution >= 0.6 is 11.6 Å². The second-order valence-electron chi connectivity index (χ2n) is 9.71. The number of fused-ring (bicyclic) bond motifs is 3. The zero-order chi connectivity index (χ0) is 24.6. The van der Waals surface area contributed by atoms with Crippen LogP contribution in [0.4, 0.5) is 4.39 Å². The monoisotopic (exact) mass is 519 g/mol. The number of rotatable bonds is 5. The van der Waals surface area contributed by atoms with E-state index < -0.39 is 35.8 Å². The lowest BCUT2D eigenvalue weighted by atomic mass is 9.89. The number of ether oxygens (including phenoxy) is 5. The fraction of sp³-hybridized carbons (Fsp3) is 0.500. The van der Waals surface area contributed by atoms with Crippen molar-refractivity contribution in [3.63, 3.8) is 0 Å². The molecule has 3 N–H and O–H groups in total. The third-order valence-electron chi connectivity index (χ3n) is 7.30. The summed E-state index contributed by atoms with van der Waals surface area (Å²) in [7, 11) is 0. The lowest BCUT2D eigenvalue weighted by Gasteiger charge is -2.37. The first-order valence-electron chi connectivity index (χ1n) is 11.8. The molecule has 4 aliphatic rings. The number of aliphatic hydroxyl groups is 2. The van der Waals surface area contributed by atoms with Gasteiger partial charge in [-0.25, -0.2) is 4.39 Å². The molecule has 0 saturated carbocycles. The summed E-state index contributed by atoms with van der Waals surface area (Å²) in [6.07, 6.45) is -1.31. The van der Waals surface area contributed by atoms with Crippen LogP contribution in [0, 0.1) is 5.82 Å². The van der Waals surface area contributed by atoms with Crippen molar-refractivity contribution in [1.82, 2.24) is 15.0 Å². The molecule has 0 spiro atoms. The molecule has 0 radical (unpaired) electrons. The molecule has 7 rings (SSSR count). The molecular weight excluding hydrogens is 497 g/mol. The van der Waals surface area contributed by atoms with E-state index in [1.807, 2.05) is 6.07 Å². The summed E-state index contributed by atoms with van der Waals surface area (Å²) in [5.41, 5.74) is 1.49. The smallest absolute Gasteiger partial charge is 0.296 e. The van der Waals surface area contributed by atoms with Crippen LogP contribution in [0.3, 0.4) is 0 Å². The fourth-order valence-electron chi connectivity index (χ4n) is 5.36. The predicted molar refractivity (Wildman–Crippen MR) is 122 cm³/mol. The second kappa shape index (κ2) is 8.23. The summed E-state index contributed by atoms with van der Waals surface area (Å²) < 4.78 is 43.4. The first kappa shape index (κ1) is 22.6. The van der Waals surface area contributed by atoms with Gasteiger partial charge in [-0.05, 0) is 36.1 Å². The van der Waals surface area contributed by atoms with Gasteiger partial charge >= 0.3 is 0 Å². The Balaban J connectivity index is 1.11. The molecule has 190 valence electrons. The normalized spacial score (nSPS) is 30.3. The Labute approximate surface area is 209 Å². The average Bonchev–Trinajstić information content (AvgIpc) is 3.59. The quantitative estimate of drug-likeness (QED) is 0.463. The van der Waals surface area contributed by atoms with Crippen molar-refractivity contribution >= 4 is 22.8 Å². The number of aliphatic hydroxyl groups excluding tert-OH is 1. The van der Waals surface area contributed by atoms with E-state index in [4.69, 9.17) is 35.3 Å². The summed E-state index contributed by atoms with van der Waals surface area (Å²) in [5, 5.41) is 20.7. The number of aromatic amines is 1. The zero-order valence-corrected chi connectivity index (χ0v) is 19.7. The highest BCUT2D eigenvalue weighted by Crippen LogP contribution is 2.41. The van der Waals surface area contributed by atoms with Gasteiger partial charge in [0.1, 0.15) is 40.9 Å². The van der Waals surface area contributed by atoms with E-state index in [-0.39, 0.29) is 49.4 Å². The number of nitrogens with zero attached hydrogens (tertiary/aromatic N) is 2. The van der Waals surface area contributed by atoms with Crippen molar-refractivity contribution in [1.29, 1.82) is 0 Å². The molecule has 1 aromatic carbocycles. The van der Waals surface area contributed by atoms with Gasteiger partial charge in [0.2, 0.25) is 5.88 Å². The Morgan fingerprint density at radius 3 is 2.75 bits per heavy atom. The summed E-state index contributed by atoms with van der Waals surface area (Å²) >= 11 is 6.44. The van der Waals surface area contributed by atoms with Gasteiger partial charge in [0.15, 0.2) is 11.8 Å². The molecule has 12 heteroatoms. The van der Waals surface area contributed by atoms with Crippen LogP contribution in [0.1, 0.15) is 29.2 Å². The van der Waals surface area contributed by atoms with E-state index in [2.05, 4.69) is 15.0 Å². The van der Waals surface area contributed by atoms with Gasteiger partial charge in [-0.1, -0.05) is 17.7 Å². The topological polar surface area (TPSA) is 128 Å². The average molecular weight is 520 g/mol.